The fourth-order valence-corrected chi connectivity index (χ4v) is 3.14. The molecule has 2 aromatic rings. The summed E-state index contributed by atoms with van der Waals surface area (Å²) in [4.78, 5) is 18.6. The summed E-state index contributed by atoms with van der Waals surface area (Å²) in [5, 5.41) is 8.96. The fraction of sp³-hybridized carbons (Fsp3) is 0.409. The highest BCUT2D eigenvalue weighted by Crippen LogP contribution is 2.20. The molecule has 1 aliphatic heterocycles. The number of rotatable bonds is 8. The molecule has 1 atom stereocenters. The topological polar surface area (TPSA) is 75.4 Å². The number of nitrogens with zero attached hydrogens (tertiary/aromatic N) is 3. The third kappa shape index (κ3) is 5.23. The molecule has 0 radical (unpaired) electrons. The van der Waals surface area contributed by atoms with E-state index < -0.39 is 0 Å². The van der Waals surface area contributed by atoms with E-state index in [2.05, 4.69) is 18.0 Å². The molecule has 0 aliphatic carbocycles. The van der Waals surface area contributed by atoms with Crippen molar-refractivity contribution in [1.29, 1.82) is 5.26 Å². The molecule has 3 rings (SSSR count). The second-order valence-electron chi connectivity index (χ2n) is 6.85. The van der Waals surface area contributed by atoms with Crippen LogP contribution in [0.5, 0.6) is 11.6 Å². The van der Waals surface area contributed by atoms with Crippen molar-refractivity contribution in [3.8, 4) is 17.7 Å². The van der Waals surface area contributed by atoms with Gasteiger partial charge in [0.05, 0.1) is 24.8 Å². The number of pyridine rings is 1. The van der Waals surface area contributed by atoms with Gasteiger partial charge < -0.3 is 14.4 Å². The summed E-state index contributed by atoms with van der Waals surface area (Å²) >= 11 is 0. The van der Waals surface area contributed by atoms with E-state index in [4.69, 9.17) is 14.7 Å². The van der Waals surface area contributed by atoms with Crippen molar-refractivity contribution < 1.29 is 14.3 Å². The Labute approximate surface area is 165 Å². The van der Waals surface area contributed by atoms with Crippen LogP contribution in [0.4, 0.5) is 0 Å². The molecule has 28 heavy (non-hydrogen) atoms. The van der Waals surface area contributed by atoms with Crippen molar-refractivity contribution in [2.75, 3.05) is 19.7 Å². The van der Waals surface area contributed by atoms with Gasteiger partial charge in [-0.15, -0.1) is 0 Å². The van der Waals surface area contributed by atoms with Gasteiger partial charge in [0.1, 0.15) is 11.9 Å². The molecule has 0 spiro atoms. The molecule has 6 heteroatoms. The molecule has 0 bridgehead atoms. The zero-order chi connectivity index (χ0) is 19.8. The largest absolute Gasteiger partial charge is 0.494 e. The number of likely N-dealkylation sites (tertiary alicyclic amines) is 1. The Morgan fingerprint density at radius 1 is 1.29 bits per heavy atom. The van der Waals surface area contributed by atoms with Gasteiger partial charge in [0, 0.05) is 30.8 Å². The van der Waals surface area contributed by atoms with Gasteiger partial charge in [0.15, 0.2) is 0 Å². The van der Waals surface area contributed by atoms with Crippen LogP contribution < -0.4 is 9.47 Å². The van der Waals surface area contributed by atoms with Gasteiger partial charge in [0.25, 0.3) is 5.91 Å². The first kappa shape index (κ1) is 19.7. The number of aromatic nitrogens is 1. The summed E-state index contributed by atoms with van der Waals surface area (Å²) in [5.74, 6) is 1.20. The van der Waals surface area contributed by atoms with Crippen molar-refractivity contribution in [1.82, 2.24) is 9.88 Å². The van der Waals surface area contributed by atoms with Crippen LogP contribution in [-0.2, 0) is 0 Å². The Kier molecular flexibility index (Phi) is 6.85. The van der Waals surface area contributed by atoms with Crippen molar-refractivity contribution >= 4 is 5.91 Å². The standard InChI is InChI=1S/C22H25N3O3/c1-2-3-4-13-27-19-7-5-18(6-8-19)22(26)25-12-10-20(16-25)28-21-14-17(15-23)9-11-24-21/h5-9,11,14,20H,2-4,10,12-13,16H2,1H3. The lowest BCUT2D eigenvalue weighted by Gasteiger charge is -2.17. The number of hydrogen-bond acceptors (Lipinski definition) is 5. The van der Waals surface area contributed by atoms with Crippen molar-refractivity contribution in [2.45, 2.75) is 38.7 Å². The lowest BCUT2D eigenvalue weighted by molar-refractivity contribution is 0.0771. The molecule has 1 saturated heterocycles. The maximum atomic E-state index is 12.7. The van der Waals surface area contributed by atoms with Gasteiger partial charge in [-0.1, -0.05) is 19.8 Å². The van der Waals surface area contributed by atoms with Crippen LogP contribution in [0.3, 0.4) is 0 Å². The minimum absolute atomic E-state index is 0.0117. The van der Waals surface area contributed by atoms with Crippen LogP contribution in [0, 0.1) is 11.3 Å². The maximum absolute atomic E-state index is 12.7. The van der Waals surface area contributed by atoms with E-state index in [1.54, 1.807) is 23.2 Å². The maximum Gasteiger partial charge on any atom is 0.253 e. The Morgan fingerprint density at radius 2 is 2.11 bits per heavy atom. The number of unbranched alkanes of at least 4 members (excludes halogenated alkanes) is 2. The highest BCUT2D eigenvalue weighted by atomic mass is 16.5. The minimum Gasteiger partial charge on any atom is -0.494 e. The van der Waals surface area contributed by atoms with Gasteiger partial charge in [-0.2, -0.15) is 5.26 Å². The first-order chi connectivity index (χ1) is 13.7. The molecule has 2 heterocycles. The molecule has 0 saturated carbocycles. The summed E-state index contributed by atoms with van der Waals surface area (Å²) in [6.45, 7) is 4.00. The monoisotopic (exact) mass is 379 g/mol. The van der Waals surface area contributed by atoms with Crippen LogP contribution in [0.1, 0.15) is 48.5 Å². The fourth-order valence-electron chi connectivity index (χ4n) is 3.14. The molecule has 1 aromatic carbocycles. The number of benzene rings is 1. The van der Waals surface area contributed by atoms with E-state index in [0.29, 0.717) is 36.7 Å². The molecule has 1 unspecified atom stereocenters. The highest BCUT2D eigenvalue weighted by molar-refractivity contribution is 5.94. The lowest BCUT2D eigenvalue weighted by atomic mass is 10.2. The van der Waals surface area contributed by atoms with Crippen LogP contribution >= 0.6 is 0 Å². The van der Waals surface area contributed by atoms with Crippen LogP contribution in [0.15, 0.2) is 42.6 Å². The van der Waals surface area contributed by atoms with Crippen LogP contribution in [0.25, 0.3) is 0 Å². The molecule has 146 valence electrons. The second kappa shape index (κ2) is 9.75. The Hall–Kier alpha value is -3.07. The molecule has 6 nitrogen and oxygen atoms in total. The number of hydrogen-bond donors (Lipinski definition) is 0. The average Bonchev–Trinajstić information content (AvgIpc) is 3.19. The van der Waals surface area contributed by atoms with Gasteiger partial charge in [-0.25, -0.2) is 4.98 Å². The number of carbonyl (C=O) groups excluding carboxylic acids is 1. The molecular formula is C22H25N3O3. The van der Waals surface area contributed by atoms with Crippen molar-refractivity contribution in [3.05, 3.63) is 53.7 Å². The summed E-state index contributed by atoms with van der Waals surface area (Å²) in [6.07, 6.45) is 5.54. The normalized spacial score (nSPS) is 15.9. The van der Waals surface area contributed by atoms with Gasteiger partial charge in [-0.05, 0) is 36.8 Å². The third-order valence-electron chi connectivity index (χ3n) is 4.70. The van der Waals surface area contributed by atoms with Crippen LogP contribution in [0.2, 0.25) is 0 Å². The SMILES string of the molecule is CCCCCOc1ccc(C(=O)N2CCC(Oc3cc(C#N)ccn3)C2)cc1. The number of carbonyl (C=O) groups is 1. The quantitative estimate of drug-likeness (QED) is 0.652. The van der Waals surface area contributed by atoms with Gasteiger partial charge in [-0.3, -0.25) is 4.79 Å². The van der Waals surface area contributed by atoms with E-state index in [0.717, 1.165) is 31.4 Å². The number of nitriles is 1. The summed E-state index contributed by atoms with van der Waals surface area (Å²) in [7, 11) is 0. The summed E-state index contributed by atoms with van der Waals surface area (Å²) < 4.78 is 11.5. The lowest BCUT2D eigenvalue weighted by Crippen LogP contribution is -2.31. The number of amides is 1. The highest BCUT2D eigenvalue weighted by Gasteiger charge is 2.28. The summed E-state index contributed by atoms with van der Waals surface area (Å²) in [5.41, 5.74) is 1.15. The van der Waals surface area contributed by atoms with Gasteiger partial charge in [0.2, 0.25) is 5.88 Å². The predicted octanol–water partition coefficient (Wildman–Crippen LogP) is 3.82. The number of ether oxygens (including phenoxy) is 2. The Morgan fingerprint density at radius 3 is 2.86 bits per heavy atom. The van der Waals surface area contributed by atoms with E-state index in [9.17, 15) is 4.79 Å². The molecular weight excluding hydrogens is 354 g/mol. The molecule has 1 amide bonds. The Bertz CT molecular complexity index is 830. The molecule has 0 N–H and O–H groups in total. The van der Waals surface area contributed by atoms with Gasteiger partial charge >= 0.3 is 0 Å². The third-order valence-corrected chi connectivity index (χ3v) is 4.70. The zero-order valence-electron chi connectivity index (χ0n) is 16.1. The molecule has 1 fully saturated rings. The summed E-state index contributed by atoms with van der Waals surface area (Å²) in [6, 6.07) is 12.6. The smallest absolute Gasteiger partial charge is 0.253 e. The van der Waals surface area contributed by atoms with E-state index >= 15 is 0 Å². The minimum atomic E-state index is -0.119. The zero-order valence-corrected chi connectivity index (χ0v) is 16.1. The van der Waals surface area contributed by atoms with Crippen molar-refractivity contribution in [2.24, 2.45) is 0 Å². The molecule has 1 aliphatic rings. The van der Waals surface area contributed by atoms with E-state index in [1.807, 2.05) is 24.3 Å². The predicted molar refractivity (Wildman–Crippen MR) is 105 cm³/mol. The average molecular weight is 379 g/mol. The Balaban J connectivity index is 1.51. The van der Waals surface area contributed by atoms with E-state index in [-0.39, 0.29) is 12.0 Å². The first-order valence-electron chi connectivity index (χ1n) is 9.74. The van der Waals surface area contributed by atoms with Crippen molar-refractivity contribution in [3.63, 3.8) is 0 Å². The molecule has 1 aromatic heterocycles. The second-order valence-corrected chi connectivity index (χ2v) is 6.85. The first-order valence-corrected chi connectivity index (χ1v) is 9.74. The van der Waals surface area contributed by atoms with E-state index in [1.165, 1.54) is 0 Å². The van der Waals surface area contributed by atoms with Crippen LogP contribution in [-0.4, -0.2) is 41.6 Å².